The molecule has 1 aliphatic heterocycles. The van der Waals surface area contributed by atoms with E-state index >= 15 is 0 Å². The molecule has 2 N–H and O–H groups in total. The highest BCUT2D eigenvalue weighted by atomic mass is 32.2. The molecule has 0 aromatic heterocycles. The van der Waals surface area contributed by atoms with Crippen molar-refractivity contribution in [3.8, 4) is 0 Å². The summed E-state index contributed by atoms with van der Waals surface area (Å²) in [6.45, 7) is 2.94. The van der Waals surface area contributed by atoms with Gasteiger partial charge in [-0.3, -0.25) is 4.55 Å². The fourth-order valence-electron chi connectivity index (χ4n) is 4.38. The van der Waals surface area contributed by atoms with Crippen molar-refractivity contribution in [2.75, 3.05) is 10.2 Å². The lowest BCUT2D eigenvalue weighted by Gasteiger charge is -2.27. The van der Waals surface area contributed by atoms with Crippen LogP contribution in [0.25, 0.3) is 0 Å². The lowest BCUT2D eigenvalue weighted by Crippen LogP contribution is -2.35. The maximum atomic E-state index is 11.9. The van der Waals surface area contributed by atoms with E-state index in [2.05, 4.69) is 29.3 Å². The van der Waals surface area contributed by atoms with Crippen molar-refractivity contribution in [2.45, 2.75) is 88.7 Å². The Morgan fingerprint density at radius 2 is 1.52 bits per heavy atom. The zero-order valence-electron chi connectivity index (χ0n) is 18.6. The van der Waals surface area contributed by atoms with Crippen LogP contribution < -0.4 is 10.2 Å². The van der Waals surface area contributed by atoms with Crippen molar-refractivity contribution in [1.29, 1.82) is 0 Å². The van der Waals surface area contributed by atoms with Crippen LogP contribution in [0.4, 0.5) is 11.4 Å². The molecular weight excluding hydrogens is 408 g/mol. The molecule has 0 bridgehead atoms. The minimum atomic E-state index is -4.28. The smallest absolute Gasteiger partial charge is 0.296 e. The van der Waals surface area contributed by atoms with Gasteiger partial charge in [-0.1, -0.05) is 94.7 Å². The molecule has 0 fully saturated rings. The summed E-state index contributed by atoms with van der Waals surface area (Å²) in [4.78, 5) is 2.18. The summed E-state index contributed by atoms with van der Waals surface area (Å²) in [5.41, 5.74) is 2.52. The fourth-order valence-corrected chi connectivity index (χ4v) is 5.06. The van der Waals surface area contributed by atoms with E-state index in [1.165, 1.54) is 63.0 Å². The monoisotopic (exact) mass is 444 g/mol. The number of nitrogens with one attached hydrogen (secondary N) is 1. The normalized spacial score (nSPS) is 15.7. The fraction of sp³-hybridized carbons (Fsp3) is 0.520. The quantitative estimate of drug-likeness (QED) is 0.269. The third-order valence-electron chi connectivity index (χ3n) is 6.06. The van der Waals surface area contributed by atoms with E-state index in [0.29, 0.717) is 12.2 Å². The summed E-state index contributed by atoms with van der Waals surface area (Å²) in [6, 6.07) is 15.3. The van der Waals surface area contributed by atoms with Crippen molar-refractivity contribution < 1.29 is 13.0 Å². The average Bonchev–Trinajstić information content (AvgIpc) is 3.10. The molecule has 2 aromatic rings. The van der Waals surface area contributed by atoms with Gasteiger partial charge in [0.25, 0.3) is 10.1 Å². The van der Waals surface area contributed by atoms with Crippen LogP contribution in [0.1, 0.15) is 76.7 Å². The van der Waals surface area contributed by atoms with Gasteiger partial charge in [-0.2, -0.15) is 8.42 Å². The SMILES string of the molecule is CCCCCCCCCCCC1Nc2c(cccc2S(=O)(=O)O)N1Cc1ccccc1. The van der Waals surface area contributed by atoms with Crippen LogP contribution in [0, 0.1) is 0 Å². The topological polar surface area (TPSA) is 69.6 Å². The number of anilines is 2. The van der Waals surface area contributed by atoms with Gasteiger partial charge in [-0.25, -0.2) is 0 Å². The summed E-state index contributed by atoms with van der Waals surface area (Å²) < 4.78 is 33.5. The minimum absolute atomic E-state index is 0.0164. The second-order valence-corrected chi connectivity index (χ2v) is 9.91. The van der Waals surface area contributed by atoms with Crippen LogP contribution >= 0.6 is 0 Å². The molecule has 6 heteroatoms. The van der Waals surface area contributed by atoms with Gasteiger partial charge in [-0.15, -0.1) is 0 Å². The Morgan fingerprint density at radius 3 is 2.16 bits per heavy atom. The number of rotatable bonds is 13. The number of benzene rings is 2. The van der Waals surface area contributed by atoms with Gasteiger partial charge in [0.15, 0.2) is 0 Å². The summed E-state index contributed by atoms with van der Waals surface area (Å²) in [5.74, 6) is 0. The lowest BCUT2D eigenvalue weighted by atomic mass is 10.1. The first-order valence-electron chi connectivity index (χ1n) is 11.7. The summed E-state index contributed by atoms with van der Waals surface area (Å²) in [5, 5.41) is 3.39. The molecule has 1 unspecified atom stereocenters. The first kappa shape index (κ1) is 23.6. The van der Waals surface area contributed by atoms with E-state index in [9.17, 15) is 13.0 Å². The third kappa shape index (κ3) is 6.71. The second kappa shape index (κ2) is 11.5. The van der Waals surface area contributed by atoms with Crippen LogP contribution in [0.2, 0.25) is 0 Å². The third-order valence-corrected chi connectivity index (χ3v) is 6.95. The Hall–Kier alpha value is -2.05. The molecule has 0 aliphatic carbocycles. The van der Waals surface area contributed by atoms with Gasteiger partial charge in [0.05, 0.1) is 17.5 Å². The van der Waals surface area contributed by atoms with Crippen molar-refractivity contribution >= 4 is 21.5 Å². The van der Waals surface area contributed by atoms with Gasteiger partial charge in [0.2, 0.25) is 0 Å². The van der Waals surface area contributed by atoms with Crippen molar-refractivity contribution in [3.63, 3.8) is 0 Å². The van der Waals surface area contributed by atoms with Gasteiger partial charge in [0, 0.05) is 6.54 Å². The van der Waals surface area contributed by atoms with E-state index in [1.807, 2.05) is 24.3 Å². The molecule has 0 spiro atoms. The Bertz CT molecular complexity index is 916. The molecular formula is C25H36N2O3S. The molecule has 31 heavy (non-hydrogen) atoms. The largest absolute Gasteiger partial charge is 0.362 e. The van der Waals surface area contributed by atoms with Gasteiger partial charge >= 0.3 is 0 Å². The van der Waals surface area contributed by atoms with E-state index in [-0.39, 0.29) is 11.1 Å². The maximum Gasteiger partial charge on any atom is 0.296 e. The van der Waals surface area contributed by atoms with Crippen LogP contribution in [-0.4, -0.2) is 19.1 Å². The highest BCUT2D eigenvalue weighted by Crippen LogP contribution is 2.41. The van der Waals surface area contributed by atoms with Gasteiger partial charge in [0.1, 0.15) is 4.90 Å². The van der Waals surface area contributed by atoms with E-state index in [4.69, 9.17) is 0 Å². The predicted molar refractivity (Wildman–Crippen MR) is 128 cm³/mol. The molecule has 5 nitrogen and oxygen atoms in total. The number of hydrogen-bond acceptors (Lipinski definition) is 4. The number of fused-ring (bicyclic) bond motifs is 1. The van der Waals surface area contributed by atoms with Crippen LogP contribution in [-0.2, 0) is 16.7 Å². The molecule has 3 rings (SSSR count). The molecule has 2 aromatic carbocycles. The summed E-state index contributed by atoms with van der Waals surface area (Å²) >= 11 is 0. The van der Waals surface area contributed by atoms with E-state index < -0.39 is 10.1 Å². The Labute approximate surface area is 187 Å². The van der Waals surface area contributed by atoms with Crippen molar-refractivity contribution in [3.05, 3.63) is 54.1 Å². The molecule has 1 atom stereocenters. The first-order valence-corrected chi connectivity index (χ1v) is 13.1. The zero-order valence-corrected chi connectivity index (χ0v) is 19.4. The first-order chi connectivity index (χ1) is 15.0. The highest BCUT2D eigenvalue weighted by molar-refractivity contribution is 7.86. The zero-order chi connectivity index (χ0) is 22.1. The molecule has 0 saturated carbocycles. The minimum Gasteiger partial charge on any atom is -0.362 e. The molecule has 0 amide bonds. The molecule has 0 saturated heterocycles. The van der Waals surface area contributed by atoms with E-state index in [0.717, 1.165) is 18.5 Å². The lowest BCUT2D eigenvalue weighted by molar-refractivity contribution is 0.483. The van der Waals surface area contributed by atoms with Crippen LogP contribution in [0.5, 0.6) is 0 Å². The van der Waals surface area contributed by atoms with Crippen molar-refractivity contribution in [1.82, 2.24) is 0 Å². The van der Waals surface area contributed by atoms with Crippen LogP contribution in [0.3, 0.4) is 0 Å². The number of para-hydroxylation sites is 1. The average molecular weight is 445 g/mol. The maximum absolute atomic E-state index is 11.9. The van der Waals surface area contributed by atoms with Gasteiger partial charge in [-0.05, 0) is 30.5 Å². The molecule has 170 valence electrons. The Kier molecular flexibility index (Phi) is 8.79. The molecule has 0 radical (unpaired) electrons. The van der Waals surface area contributed by atoms with Crippen molar-refractivity contribution in [2.24, 2.45) is 0 Å². The summed E-state index contributed by atoms with van der Waals surface area (Å²) in [6.07, 6.45) is 12.4. The standard InChI is InChI=1S/C25H36N2O3S/c1-2-3-4-5-6-7-8-9-13-19-24-26-25-22(17-14-18-23(25)31(28,29)30)27(24)20-21-15-11-10-12-16-21/h10-12,14-18,24,26H,2-9,13,19-20H2,1H3,(H,28,29,30). The van der Waals surface area contributed by atoms with Gasteiger partial charge < -0.3 is 10.2 Å². The van der Waals surface area contributed by atoms with E-state index in [1.54, 1.807) is 6.07 Å². The highest BCUT2D eigenvalue weighted by Gasteiger charge is 2.32. The number of unbranched alkanes of at least 4 members (excludes halogenated alkanes) is 8. The van der Waals surface area contributed by atoms with Crippen LogP contribution in [0.15, 0.2) is 53.4 Å². The molecule has 1 aliphatic rings. The summed E-state index contributed by atoms with van der Waals surface area (Å²) in [7, 11) is -4.28. The second-order valence-electron chi connectivity index (χ2n) is 8.52. The Morgan fingerprint density at radius 1 is 0.871 bits per heavy atom. The number of hydrogen-bond donors (Lipinski definition) is 2. The Balaban J connectivity index is 1.62. The number of nitrogens with zero attached hydrogens (tertiary/aromatic N) is 1. The predicted octanol–water partition coefficient (Wildman–Crippen LogP) is 6.61. The molecule has 1 heterocycles.